The van der Waals surface area contributed by atoms with Gasteiger partial charge in [0, 0.05) is 38.1 Å². The molecule has 1 aliphatic heterocycles. The minimum absolute atomic E-state index is 0.202. The molecule has 7 nitrogen and oxygen atoms in total. The molecule has 2 amide bonds. The van der Waals surface area contributed by atoms with Gasteiger partial charge in [0.2, 0.25) is 5.91 Å². The molecular weight excluding hydrogens is 526 g/mol. The van der Waals surface area contributed by atoms with Crippen LogP contribution < -0.4 is 10.5 Å². The van der Waals surface area contributed by atoms with Crippen molar-refractivity contribution in [2.45, 2.75) is 64.0 Å². The van der Waals surface area contributed by atoms with E-state index in [0.29, 0.717) is 25.7 Å². The summed E-state index contributed by atoms with van der Waals surface area (Å²) in [5.41, 5.74) is 8.30. The van der Waals surface area contributed by atoms with Gasteiger partial charge in [-0.1, -0.05) is 72.8 Å². The minimum Gasteiger partial charge on any atom is -0.494 e. The number of benzene rings is 3. The van der Waals surface area contributed by atoms with E-state index in [1.165, 1.54) is 11.1 Å². The van der Waals surface area contributed by atoms with Crippen molar-refractivity contribution in [3.05, 3.63) is 102 Å². The fourth-order valence-corrected chi connectivity index (χ4v) is 5.58. The zero-order valence-electron chi connectivity index (χ0n) is 25.2. The lowest BCUT2D eigenvalue weighted by Gasteiger charge is -2.40. The second-order valence-electron chi connectivity index (χ2n) is 12.1. The fraction of sp³-hybridized carbons (Fsp3) is 0.429. The maximum absolute atomic E-state index is 12.7. The van der Waals surface area contributed by atoms with Gasteiger partial charge in [-0.05, 0) is 68.9 Å². The summed E-state index contributed by atoms with van der Waals surface area (Å²) >= 11 is 0. The maximum Gasteiger partial charge on any atom is 0.410 e. The standard InChI is InChI=1S/C35H45N3O4/c1-35(2,3)42-34(40)37-21-18-30(19-22-37)38(20-11-23-41-31-17-10-12-27(24-31)25-33(36)39)26-32(28-13-6-4-7-14-28)29-15-8-5-9-16-29/h4-10,12-17,24,30,32H,11,18-23,25-26H2,1-3H3,(H2,36,39). The third kappa shape index (κ3) is 9.62. The average Bonchev–Trinajstić information content (AvgIpc) is 2.97. The zero-order valence-corrected chi connectivity index (χ0v) is 25.2. The molecule has 3 aromatic rings. The Balaban J connectivity index is 1.45. The highest BCUT2D eigenvalue weighted by Crippen LogP contribution is 2.29. The molecule has 0 aromatic heterocycles. The molecule has 0 bridgehead atoms. The van der Waals surface area contributed by atoms with E-state index in [0.717, 1.165) is 43.7 Å². The number of amides is 2. The van der Waals surface area contributed by atoms with E-state index in [-0.39, 0.29) is 24.3 Å². The molecule has 1 heterocycles. The highest BCUT2D eigenvalue weighted by atomic mass is 16.6. The van der Waals surface area contributed by atoms with Gasteiger partial charge in [0.15, 0.2) is 0 Å². The first-order valence-corrected chi connectivity index (χ1v) is 15.0. The van der Waals surface area contributed by atoms with Gasteiger partial charge in [-0.15, -0.1) is 0 Å². The first-order valence-electron chi connectivity index (χ1n) is 15.0. The Kier molecular flexibility index (Phi) is 11.0. The van der Waals surface area contributed by atoms with Crippen LogP contribution in [0.5, 0.6) is 5.75 Å². The predicted molar refractivity (Wildman–Crippen MR) is 167 cm³/mol. The Morgan fingerprint density at radius 2 is 1.55 bits per heavy atom. The van der Waals surface area contributed by atoms with Crippen LogP contribution in [-0.4, -0.2) is 66.2 Å². The third-order valence-electron chi connectivity index (χ3n) is 7.59. The van der Waals surface area contributed by atoms with Crippen LogP contribution in [0, 0.1) is 0 Å². The Morgan fingerprint density at radius 3 is 2.12 bits per heavy atom. The predicted octanol–water partition coefficient (Wildman–Crippen LogP) is 6.02. The first-order chi connectivity index (χ1) is 20.2. The van der Waals surface area contributed by atoms with Crippen LogP contribution in [0.3, 0.4) is 0 Å². The summed E-state index contributed by atoms with van der Waals surface area (Å²) in [6.45, 7) is 9.39. The summed E-state index contributed by atoms with van der Waals surface area (Å²) in [6, 6.07) is 29.3. The van der Waals surface area contributed by atoms with Gasteiger partial charge in [0.25, 0.3) is 0 Å². The van der Waals surface area contributed by atoms with E-state index >= 15 is 0 Å². The third-order valence-corrected chi connectivity index (χ3v) is 7.59. The monoisotopic (exact) mass is 571 g/mol. The topological polar surface area (TPSA) is 85.1 Å². The number of carbonyl (C=O) groups excluding carboxylic acids is 2. The molecule has 0 saturated carbocycles. The van der Waals surface area contributed by atoms with E-state index in [9.17, 15) is 9.59 Å². The molecule has 224 valence electrons. The van der Waals surface area contributed by atoms with Crippen LogP contribution in [-0.2, 0) is 16.0 Å². The number of carbonyl (C=O) groups is 2. The van der Waals surface area contributed by atoms with Crippen molar-refractivity contribution >= 4 is 12.0 Å². The van der Waals surface area contributed by atoms with Crippen molar-refractivity contribution in [2.75, 3.05) is 32.8 Å². The summed E-state index contributed by atoms with van der Waals surface area (Å²) in [5, 5.41) is 0. The van der Waals surface area contributed by atoms with Gasteiger partial charge in [-0.2, -0.15) is 0 Å². The number of primary amides is 1. The summed E-state index contributed by atoms with van der Waals surface area (Å²) in [5.74, 6) is 0.618. The minimum atomic E-state index is -0.502. The highest BCUT2D eigenvalue weighted by molar-refractivity contribution is 5.76. The summed E-state index contributed by atoms with van der Waals surface area (Å²) in [6.07, 6.45) is 2.61. The van der Waals surface area contributed by atoms with Crippen molar-refractivity contribution in [1.82, 2.24) is 9.80 Å². The number of hydrogen-bond donors (Lipinski definition) is 1. The van der Waals surface area contributed by atoms with E-state index < -0.39 is 5.60 Å². The Bertz CT molecular complexity index is 1230. The lowest BCUT2D eigenvalue weighted by atomic mass is 9.89. The molecule has 42 heavy (non-hydrogen) atoms. The summed E-state index contributed by atoms with van der Waals surface area (Å²) in [7, 11) is 0. The Hall–Kier alpha value is -3.84. The van der Waals surface area contributed by atoms with E-state index in [4.69, 9.17) is 15.2 Å². The lowest BCUT2D eigenvalue weighted by Crippen LogP contribution is -2.49. The van der Waals surface area contributed by atoms with Gasteiger partial charge in [0.1, 0.15) is 11.4 Å². The average molecular weight is 572 g/mol. The smallest absolute Gasteiger partial charge is 0.410 e. The summed E-state index contributed by atoms with van der Waals surface area (Å²) in [4.78, 5) is 28.5. The molecule has 0 radical (unpaired) electrons. The van der Waals surface area contributed by atoms with Crippen LogP contribution in [0.2, 0.25) is 0 Å². The number of ether oxygens (including phenoxy) is 2. The quantitative estimate of drug-likeness (QED) is 0.269. The molecule has 0 spiro atoms. The molecule has 0 aliphatic carbocycles. The van der Waals surface area contributed by atoms with Crippen molar-refractivity contribution in [1.29, 1.82) is 0 Å². The van der Waals surface area contributed by atoms with Gasteiger partial charge >= 0.3 is 6.09 Å². The van der Waals surface area contributed by atoms with Crippen LogP contribution in [0.25, 0.3) is 0 Å². The van der Waals surface area contributed by atoms with E-state index in [1.54, 1.807) is 0 Å². The van der Waals surface area contributed by atoms with Crippen molar-refractivity contribution in [3.63, 3.8) is 0 Å². The van der Waals surface area contributed by atoms with Crippen LogP contribution in [0.1, 0.15) is 62.6 Å². The number of piperidine rings is 1. The van der Waals surface area contributed by atoms with Gasteiger partial charge in [-0.3, -0.25) is 9.69 Å². The Morgan fingerprint density at radius 1 is 0.929 bits per heavy atom. The van der Waals surface area contributed by atoms with Crippen molar-refractivity contribution in [2.24, 2.45) is 5.73 Å². The molecule has 3 aromatic carbocycles. The molecule has 2 N–H and O–H groups in total. The van der Waals surface area contributed by atoms with Crippen LogP contribution >= 0.6 is 0 Å². The highest BCUT2D eigenvalue weighted by Gasteiger charge is 2.31. The van der Waals surface area contributed by atoms with Gasteiger partial charge in [0.05, 0.1) is 13.0 Å². The lowest BCUT2D eigenvalue weighted by molar-refractivity contribution is -0.117. The number of likely N-dealkylation sites (tertiary alicyclic amines) is 1. The second-order valence-corrected chi connectivity index (χ2v) is 12.1. The molecular formula is C35H45N3O4. The molecule has 0 atom stereocenters. The van der Waals surface area contributed by atoms with Gasteiger partial charge < -0.3 is 20.1 Å². The molecule has 7 heteroatoms. The number of hydrogen-bond acceptors (Lipinski definition) is 5. The van der Waals surface area contributed by atoms with Crippen molar-refractivity contribution in [3.8, 4) is 5.75 Å². The van der Waals surface area contributed by atoms with Crippen LogP contribution in [0.4, 0.5) is 4.79 Å². The Labute approximate surface area is 250 Å². The molecule has 1 saturated heterocycles. The SMILES string of the molecule is CC(C)(C)OC(=O)N1CCC(N(CCCOc2cccc(CC(N)=O)c2)CC(c2ccccc2)c2ccccc2)CC1. The van der Waals surface area contributed by atoms with E-state index in [1.807, 2.05) is 49.9 Å². The number of nitrogens with two attached hydrogens (primary N) is 1. The van der Waals surface area contributed by atoms with Crippen molar-refractivity contribution < 1.29 is 19.1 Å². The largest absolute Gasteiger partial charge is 0.494 e. The number of nitrogens with zero attached hydrogens (tertiary/aromatic N) is 2. The normalized spacial score (nSPS) is 14.3. The van der Waals surface area contributed by atoms with Gasteiger partial charge in [-0.25, -0.2) is 4.79 Å². The summed E-state index contributed by atoms with van der Waals surface area (Å²) < 4.78 is 11.7. The first kappa shape index (κ1) is 31.1. The number of rotatable bonds is 12. The molecule has 4 rings (SSSR count). The molecule has 1 aliphatic rings. The fourth-order valence-electron chi connectivity index (χ4n) is 5.58. The second kappa shape index (κ2) is 14.9. The molecule has 1 fully saturated rings. The van der Waals surface area contributed by atoms with Crippen LogP contribution in [0.15, 0.2) is 84.9 Å². The molecule has 0 unspecified atom stereocenters. The van der Waals surface area contributed by atoms with E-state index in [2.05, 4.69) is 65.6 Å². The maximum atomic E-state index is 12.7. The zero-order chi connectivity index (χ0) is 30.0.